The van der Waals surface area contributed by atoms with Gasteiger partial charge < -0.3 is 0 Å². The van der Waals surface area contributed by atoms with Crippen LogP contribution >= 0.6 is 11.3 Å². The zero-order valence-electron chi connectivity index (χ0n) is 11.2. The molecule has 0 spiro atoms. The molecule has 0 bridgehead atoms. The summed E-state index contributed by atoms with van der Waals surface area (Å²) in [6, 6.07) is 1.88. The van der Waals surface area contributed by atoms with Gasteiger partial charge >= 0.3 is 0 Å². The number of aryl methyl sites for hydroxylation is 3. The monoisotopic (exact) mass is 288 g/mol. The van der Waals surface area contributed by atoms with E-state index in [0.717, 1.165) is 17.1 Å². The highest BCUT2D eigenvalue weighted by molar-refractivity contribution is 7.13. The quantitative estimate of drug-likeness (QED) is 0.776. The zero-order chi connectivity index (χ0) is 14.3. The lowest BCUT2D eigenvalue weighted by molar-refractivity contribution is 0.101. The summed E-state index contributed by atoms with van der Waals surface area (Å²) in [5, 5.41) is 9.24. The van der Waals surface area contributed by atoms with Gasteiger partial charge in [-0.1, -0.05) is 0 Å². The fraction of sp³-hybridized carbons (Fsp3) is 0.250. The van der Waals surface area contributed by atoms with Crippen molar-refractivity contribution < 1.29 is 4.79 Å². The molecule has 102 valence electrons. The number of carbonyl (C=O) groups excluding carboxylic acids is 1. The normalized spacial score (nSPS) is 10.9. The van der Waals surface area contributed by atoms with Crippen molar-refractivity contribution in [2.24, 2.45) is 0 Å². The summed E-state index contributed by atoms with van der Waals surface area (Å²) in [6.07, 6.45) is 0. The molecule has 3 heterocycles. The lowest BCUT2D eigenvalue weighted by atomic mass is 10.4. The molecule has 20 heavy (non-hydrogen) atoms. The molecule has 0 aliphatic rings. The van der Waals surface area contributed by atoms with E-state index in [-0.39, 0.29) is 11.7 Å². The molecule has 3 rings (SSSR count). The molecule has 1 N–H and O–H groups in total. The molecule has 7 nitrogen and oxygen atoms in total. The van der Waals surface area contributed by atoms with Gasteiger partial charge in [0.25, 0.3) is 11.7 Å². The van der Waals surface area contributed by atoms with Crippen molar-refractivity contribution in [3.8, 4) is 0 Å². The molecular formula is C12H12N6OS. The second kappa shape index (κ2) is 4.64. The van der Waals surface area contributed by atoms with Crippen LogP contribution in [0.3, 0.4) is 0 Å². The SMILES string of the molecule is Cc1csc(NC(=O)c2nc3nc(C)cc(C)n3n2)n1. The van der Waals surface area contributed by atoms with Gasteiger partial charge in [-0.2, -0.15) is 4.98 Å². The van der Waals surface area contributed by atoms with E-state index in [4.69, 9.17) is 0 Å². The largest absolute Gasteiger partial charge is 0.297 e. The number of thiazole rings is 1. The molecule has 0 aliphatic heterocycles. The predicted molar refractivity (Wildman–Crippen MR) is 75.1 cm³/mol. The van der Waals surface area contributed by atoms with Gasteiger partial charge in [0.1, 0.15) is 0 Å². The Morgan fingerprint density at radius 2 is 2.00 bits per heavy atom. The number of rotatable bonds is 2. The minimum absolute atomic E-state index is 0.0825. The second-order valence-corrected chi connectivity index (χ2v) is 5.29. The number of nitrogens with zero attached hydrogens (tertiary/aromatic N) is 5. The van der Waals surface area contributed by atoms with Crippen LogP contribution in [0.25, 0.3) is 5.78 Å². The number of hydrogen-bond donors (Lipinski definition) is 1. The van der Waals surface area contributed by atoms with E-state index in [2.05, 4.69) is 25.4 Å². The second-order valence-electron chi connectivity index (χ2n) is 4.43. The zero-order valence-corrected chi connectivity index (χ0v) is 12.0. The molecule has 0 aliphatic carbocycles. The molecular weight excluding hydrogens is 276 g/mol. The Morgan fingerprint density at radius 3 is 2.70 bits per heavy atom. The highest BCUT2D eigenvalue weighted by Crippen LogP contribution is 2.15. The van der Waals surface area contributed by atoms with Crippen molar-refractivity contribution >= 4 is 28.2 Å². The van der Waals surface area contributed by atoms with Crippen molar-refractivity contribution in [1.82, 2.24) is 24.6 Å². The third-order valence-electron chi connectivity index (χ3n) is 2.66. The van der Waals surface area contributed by atoms with E-state index in [1.807, 2.05) is 32.2 Å². The molecule has 3 aromatic heterocycles. The number of fused-ring (bicyclic) bond motifs is 1. The molecule has 0 unspecified atom stereocenters. The van der Waals surface area contributed by atoms with Gasteiger partial charge in [0.15, 0.2) is 5.13 Å². The summed E-state index contributed by atoms with van der Waals surface area (Å²) in [4.78, 5) is 24.6. The summed E-state index contributed by atoms with van der Waals surface area (Å²) in [5.74, 6) is 0.115. The van der Waals surface area contributed by atoms with Crippen LogP contribution in [0, 0.1) is 20.8 Å². The van der Waals surface area contributed by atoms with Crippen molar-refractivity contribution in [2.75, 3.05) is 5.32 Å². The first-order chi connectivity index (χ1) is 9.52. The Balaban J connectivity index is 1.94. The van der Waals surface area contributed by atoms with Gasteiger partial charge in [-0.15, -0.1) is 16.4 Å². The Hall–Kier alpha value is -2.35. The lowest BCUT2D eigenvalue weighted by Gasteiger charge is -1.97. The van der Waals surface area contributed by atoms with Gasteiger partial charge in [-0.25, -0.2) is 14.5 Å². The number of aromatic nitrogens is 5. The van der Waals surface area contributed by atoms with Crippen LogP contribution in [-0.4, -0.2) is 30.5 Å². The minimum atomic E-state index is -0.387. The van der Waals surface area contributed by atoms with Crippen LogP contribution in [0.4, 0.5) is 5.13 Å². The van der Waals surface area contributed by atoms with Crippen LogP contribution in [0.2, 0.25) is 0 Å². The maximum Gasteiger partial charge on any atom is 0.297 e. The molecule has 0 fully saturated rings. The highest BCUT2D eigenvalue weighted by atomic mass is 32.1. The number of carbonyl (C=O) groups is 1. The molecule has 8 heteroatoms. The van der Waals surface area contributed by atoms with E-state index in [0.29, 0.717) is 10.9 Å². The average molecular weight is 288 g/mol. The average Bonchev–Trinajstić information content (AvgIpc) is 2.95. The van der Waals surface area contributed by atoms with E-state index in [1.54, 1.807) is 4.52 Å². The summed E-state index contributed by atoms with van der Waals surface area (Å²) in [6.45, 7) is 5.63. The number of anilines is 1. The van der Waals surface area contributed by atoms with E-state index in [1.165, 1.54) is 11.3 Å². The predicted octanol–water partition coefficient (Wildman–Crippen LogP) is 1.76. The van der Waals surface area contributed by atoms with Crippen molar-refractivity contribution in [1.29, 1.82) is 0 Å². The Morgan fingerprint density at radius 1 is 1.20 bits per heavy atom. The van der Waals surface area contributed by atoms with Gasteiger partial charge in [0, 0.05) is 16.8 Å². The Bertz CT molecular complexity index is 805. The van der Waals surface area contributed by atoms with Crippen LogP contribution < -0.4 is 5.32 Å². The summed E-state index contributed by atoms with van der Waals surface area (Å²) >= 11 is 1.36. The van der Waals surface area contributed by atoms with E-state index >= 15 is 0 Å². The van der Waals surface area contributed by atoms with Crippen LogP contribution in [0.15, 0.2) is 11.4 Å². The smallest absolute Gasteiger partial charge is 0.295 e. The first-order valence-corrected chi connectivity index (χ1v) is 6.85. The summed E-state index contributed by atoms with van der Waals surface area (Å²) in [5.41, 5.74) is 2.58. The molecule has 1 amide bonds. The Labute approximate surface area is 118 Å². The van der Waals surface area contributed by atoms with Gasteiger partial charge in [0.2, 0.25) is 5.82 Å². The highest BCUT2D eigenvalue weighted by Gasteiger charge is 2.16. The van der Waals surface area contributed by atoms with Crippen molar-refractivity contribution in [3.63, 3.8) is 0 Å². The van der Waals surface area contributed by atoms with Gasteiger partial charge in [-0.3, -0.25) is 10.1 Å². The van der Waals surface area contributed by atoms with Crippen molar-refractivity contribution in [2.45, 2.75) is 20.8 Å². The first-order valence-electron chi connectivity index (χ1n) is 5.97. The molecule has 0 radical (unpaired) electrons. The summed E-state index contributed by atoms with van der Waals surface area (Å²) < 4.78 is 1.55. The molecule has 3 aromatic rings. The van der Waals surface area contributed by atoms with Crippen LogP contribution in [0.5, 0.6) is 0 Å². The maximum atomic E-state index is 12.1. The fourth-order valence-electron chi connectivity index (χ4n) is 1.83. The fourth-order valence-corrected chi connectivity index (χ4v) is 2.51. The van der Waals surface area contributed by atoms with Crippen molar-refractivity contribution in [3.05, 3.63) is 34.4 Å². The summed E-state index contributed by atoms with van der Waals surface area (Å²) in [7, 11) is 0. The topological polar surface area (TPSA) is 85.1 Å². The van der Waals surface area contributed by atoms with E-state index < -0.39 is 0 Å². The standard InChI is InChI=1S/C12H12N6OS/c1-6-4-8(3)18-11(13-6)15-9(17-18)10(19)16-12-14-7(2)5-20-12/h4-5H,1-3H3,(H,14,16,19). The molecule has 0 atom stereocenters. The third kappa shape index (κ3) is 2.25. The third-order valence-corrected chi connectivity index (χ3v) is 3.54. The number of amides is 1. The molecule has 0 saturated carbocycles. The number of hydrogen-bond acceptors (Lipinski definition) is 6. The maximum absolute atomic E-state index is 12.1. The first kappa shape index (κ1) is 12.7. The van der Waals surface area contributed by atoms with Gasteiger partial charge in [0.05, 0.1) is 5.69 Å². The number of nitrogens with one attached hydrogen (secondary N) is 1. The van der Waals surface area contributed by atoms with Gasteiger partial charge in [-0.05, 0) is 26.8 Å². The molecule has 0 saturated heterocycles. The lowest BCUT2D eigenvalue weighted by Crippen LogP contribution is -2.13. The Kier molecular flexibility index (Phi) is 2.94. The van der Waals surface area contributed by atoms with E-state index in [9.17, 15) is 4.79 Å². The minimum Gasteiger partial charge on any atom is -0.295 e. The van der Waals surface area contributed by atoms with Crippen LogP contribution in [0.1, 0.15) is 27.7 Å². The molecule has 0 aromatic carbocycles. The van der Waals surface area contributed by atoms with Crippen LogP contribution in [-0.2, 0) is 0 Å².